The van der Waals surface area contributed by atoms with Crippen LogP contribution in [0.4, 0.5) is 13.2 Å². The summed E-state index contributed by atoms with van der Waals surface area (Å²) in [4.78, 5) is 0. The van der Waals surface area contributed by atoms with E-state index in [1.807, 2.05) is 6.92 Å². The smallest absolute Gasteiger partial charge is 0.128 e. The molecule has 21 heavy (non-hydrogen) atoms. The van der Waals surface area contributed by atoms with E-state index in [0.29, 0.717) is 12.1 Å². The summed E-state index contributed by atoms with van der Waals surface area (Å²) in [5, 5.41) is 3.08. The highest BCUT2D eigenvalue weighted by molar-refractivity contribution is 5.36. The number of nitrogens with one attached hydrogen (secondary N) is 1. The van der Waals surface area contributed by atoms with Gasteiger partial charge in [0.1, 0.15) is 17.5 Å². The Hall–Kier alpha value is -1.81. The molecule has 0 aliphatic rings. The topological polar surface area (TPSA) is 12.0 Å². The van der Waals surface area contributed by atoms with E-state index in [1.54, 1.807) is 18.2 Å². The summed E-state index contributed by atoms with van der Waals surface area (Å²) in [6.07, 6.45) is 0.806. The first-order valence-corrected chi connectivity index (χ1v) is 6.98. The second-order valence-electron chi connectivity index (χ2n) is 5.03. The lowest BCUT2D eigenvalue weighted by molar-refractivity contribution is 0.512. The Kier molecular flexibility index (Phi) is 5.02. The second kappa shape index (κ2) is 6.76. The molecular formula is C17H18F3N. The van der Waals surface area contributed by atoms with E-state index in [4.69, 9.17) is 0 Å². The van der Waals surface area contributed by atoms with Gasteiger partial charge in [-0.25, -0.2) is 13.2 Å². The van der Waals surface area contributed by atoms with Crippen LogP contribution in [0.5, 0.6) is 0 Å². The lowest BCUT2D eigenvalue weighted by Crippen LogP contribution is -2.25. The van der Waals surface area contributed by atoms with Gasteiger partial charge in [0.05, 0.1) is 6.04 Å². The van der Waals surface area contributed by atoms with Crippen LogP contribution in [0.15, 0.2) is 36.4 Å². The maximum absolute atomic E-state index is 14.2. The van der Waals surface area contributed by atoms with Crippen molar-refractivity contribution in [1.82, 2.24) is 5.32 Å². The Morgan fingerprint density at radius 2 is 1.67 bits per heavy atom. The van der Waals surface area contributed by atoms with Gasteiger partial charge in [-0.3, -0.25) is 0 Å². The highest BCUT2D eigenvalue weighted by atomic mass is 19.1. The normalized spacial score (nSPS) is 12.4. The van der Waals surface area contributed by atoms with E-state index >= 15 is 0 Å². The van der Waals surface area contributed by atoms with Crippen LogP contribution in [-0.4, -0.2) is 6.54 Å². The standard InChI is InChI=1S/C17H18F3N/c1-3-8-21-17(12-6-4-5-7-14(12)18)13-10-15(19)11(2)9-16(13)20/h4-7,9-10,17,21H,3,8H2,1-2H3. The highest BCUT2D eigenvalue weighted by Crippen LogP contribution is 2.28. The Balaban J connectivity index is 2.51. The molecule has 112 valence electrons. The van der Waals surface area contributed by atoms with Crippen molar-refractivity contribution >= 4 is 0 Å². The first kappa shape index (κ1) is 15.6. The predicted molar refractivity (Wildman–Crippen MR) is 77.6 cm³/mol. The van der Waals surface area contributed by atoms with E-state index in [0.717, 1.165) is 18.6 Å². The fourth-order valence-electron chi connectivity index (χ4n) is 2.27. The van der Waals surface area contributed by atoms with Crippen molar-refractivity contribution in [3.63, 3.8) is 0 Å². The number of hydrogen-bond donors (Lipinski definition) is 1. The first-order valence-electron chi connectivity index (χ1n) is 6.98. The maximum atomic E-state index is 14.2. The van der Waals surface area contributed by atoms with Crippen LogP contribution >= 0.6 is 0 Å². The number of halogens is 3. The van der Waals surface area contributed by atoms with Gasteiger partial charge in [-0.15, -0.1) is 0 Å². The van der Waals surface area contributed by atoms with Crippen molar-refractivity contribution in [3.8, 4) is 0 Å². The molecule has 0 amide bonds. The van der Waals surface area contributed by atoms with Gasteiger partial charge in [-0.1, -0.05) is 25.1 Å². The van der Waals surface area contributed by atoms with Gasteiger partial charge < -0.3 is 5.32 Å². The summed E-state index contributed by atoms with van der Waals surface area (Å²) < 4.78 is 42.0. The van der Waals surface area contributed by atoms with Crippen LogP contribution in [0.1, 0.15) is 36.1 Å². The van der Waals surface area contributed by atoms with Gasteiger partial charge in [0, 0.05) is 11.1 Å². The quantitative estimate of drug-likeness (QED) is 0.855. The molecular weight excluding hydrogens is 275 g/mol. The fraction of sp³-hybridized carbons (Fsp3) is 0.294. The van der Waals surface area contributed by atoms with Gasteiger partial charge in [-0.2, -0.15) is 0 Å². The molecule has 0 saturated heterocycles. The Morgan fingerprint density at radius 3 is 2.33 bits per heavy atom. The monoisotopic (exact) mass is 293 g/mol. The van der Waals surface area contributed by atoms with Crippen molar-refractivity contribution in [3.05, 3.63) is 70.5 Å². The first-order chi connectivity index (χ1) is 10.0. The maximum Gasteiger partial charge on any atom is 0.128 e. The number of benzene rings is 2. The summed E-state index contributed by atoms with van der Waals surface area (Å²) in [6, 6.07) is 7.74. The third-order valence-electron chi connectivity index (χ3n) is 3.40. The van der Waals surface area contributed by atoms with Crippen molar-refractivity contribution in [1.29, 1.82) is 0 Å². The Labute approximate surface area is 122 Å². The van der Waals surface area contributed by atoms with Gasteiger partial charge in [0.15, 0.2) is 0 Å². The number of rotatable bonds is 5. The third kappa shape index (κ3) is 3.45. The molecule has 2 rings (SSSR count). The summed E-state index contributed by atoms with van der Waals surface area (Å²) in [5.41, 5.74) is 0.670. The minimum atomic E-state index is -0.707. The molecule has 0 saturated carbocycles. The summed E-state index contributed by atoms with van der Waals surface area (Å²) in [5.74, 6) is -1.47. The van der Waals surface area contributed by atoms with Crippen LogP contribution in [0, 0.1) is 24.4 Å². The Morgan fingerprint density at radius 1 is 0.952 bits per heavy atom. The van der Waals surface area contributed by atoms with Crippen LogP contribution in [0.2, 0.25) is 0 Å². The molecule has 1 N–H and O–H groups in total. The molecule has 0 aliphatic carbocycles. The molecule has 2 aromatic carbocycles. The second-order valence-corrected chi connectivity index (χ2v) is 5.03. The SMILES string of the molecule is CCCNC(c1ccccc1F)c1cc(F)c(C)cc1F. The summed E-state index contributed by atoms with van der Waals surface area (Å²) in [7, 11) is 0. The zero-order chi connectivity index (χ0) is 15.4. The zero-order valence-electron chi connectivity index (χ0n) is 12.1. The van der Waals surface area contributed by atoms with E-state index in [-0.39, 0.29) is 11.1 Å². The molecule has 4 heteroatoms. The van der Waals surface area contributed by atoms with Gasteiger partial charge in [0.2, 0.25) is 0 Å². The zero-order valence-corrected chi connectivity index (χ0v) is 12.1. The van der Waals surface area contributed by atoms with E-state index in [2.05, 4.69) is 5.32 Å². The van der Waals surface area contributed by atoms with Gasteiger partial charge >= 0.3 is 0 Å². The molecule has 2 aromatic rings. The lowest BCUT2D eigenvalue weighted by Gasteiger charge is -2.21. The average molecular weight is 293 g/mol. The summed E-state index contributed by atoms with van der Waals surface area (Å²) >= 11 is 0. The number of hydrogen-bond acceptors (Lipinski definition) is 1. The van der Waals surface area contributed by atoms with Crippen LogP contribution < -0.4 is 5.32 Å². The molecule has 0 heterocycles. The average Bonchev–Trinajstić information content (AvgIpc) is 2.46. The van der Waals surface area contributed by atoms with Gasteiger partial charge in [-0.05, 0) is 43.7 Å². The molecule has 0 aliphatic heterocycles. The molecule has 0 bridgehead atoms. The third-order valence-corrected chi connectivity index (χ3v) is 3.40. The Bertz CT molecular complexity index is 625. The van der Waals surface area contributed by atoms with Crippen LogP contribution in [0.25, 0.3) is 0 Å². The molecule has 0 radical (unpaired) electrons. The molecule has 0 fully saturated rings. The minimum Gasteiger partial charge on any atom is -0.306 e. The van der Waals surface area contributed by atoms with E-state index in [9.17, 15) is 13.2 Å². The van der Waals surface area contributed by atoms with Crippen LogP contribution in [-0.2, 0) is 0 Å². The van der Waals surface area contributed by atoms with Crippen molar-refractivity contribution < 1.29 is 13.2 Å². The minimum absolute atomic E-state index is 0.122. The molecule has 1 unspecified atom stereocenters. The van der Waals surface area contributed by atoms with Crippen molar-refractivity contribution in [2.45, 2.75) is 26.3 Å². The van der Waals surface area contributed by atoms with Crippen molar-refractivity contribution in [2.75, 3.05) is 6.54 Å². The van der Waals surface area contributed by atoms with Crippen LogP contribution in [0.3, 0.4) is 0 Å². The molecule has 1 nitrogen and oxygen atoms in total. The highest BCUT2D eigenvalue weighted by Gasteiger charge is 2.21. The molecule has 1 atom stereocenters. The van der Waals surface area contributed by atoms with Crippen molar-refractivity contribution in [2.24, 2.45) is 0 Å². The van der Waals surface area contributed by atoms with Gasteiger partial charge in [0.25, 0.3) is 0 Å². The predicted octanol–water partition coefficient (Wildman–Crippen LogP) is 4.50. The molecule has 0 spiro atoms. The largest absolute Gasteiger partial charge is 0.306 e. The van der Waals surface area contributed by atoms with E-state index < -0.39 is 23.5 Å². The summed E-state index contributed by atoms with van der Waals surface area (Å²) in [6.45, 7) is 4.03. The molecule has 0 aromatic heterocycles. The lowest BCUT2D eigenvalue weighted by atomic mass is 9.96. The van der Waals surface area contributed by atoms with E-state index in [1.165, 1.54) is 13.0 Å². The fourth-order valence-corrected chi connectivity index (χ4v) is 2.27. The number of aryl methyl sites for hydroxylation is 1.